The molecule has 0 aliphatic heterocycles. The molecule has 0 bridgehead atoms. The monoisotopic (exact) mass is 266 g/mol. The smallest absolute Gasteiger partial charge is 0.0751 e. The number of anilines is 1. The molecule has 0 aliphatic rings. The summed E-state index contributed by atoms with van der Waals surface area (Å²) in [6, 6.07) is 10.5. The van der Waals surface area contributed by atoms with Gasteiger partial charge < -0.3 is 5.32 Å². The molecule has 0 fully saturated rings. The van der Waals surface area contributed by atoms with Crippen molar-refractivity contribution in [3.05, 3.63) is 54.0 Å². The SMILES string of the molecule is Cc1ccc(NC(C)c2ccnn2C)c2cccnc12. The minimum Gasteiger partial charge on any atom is -0.376 e. The van der Waals surface area contributed by atoms with E-state index in [0.29, 0.717) is 0 Å². The Labute approximate surface area is 118 Å². The molecular weight excluding hydrogens is 248 g/mol. The molecule has 0 spiro atoms. The summed E-state index contributed by atoms with van der Waals surface area (Å²) in [5.74, 6) is 0. The van der Waals surface area contributed by atoms with Crippen molar-refractivity contribution in [1.82, 2.24) is 14.8 Å². The molecule has 1 N–H and O–H groups in total. The third-order valence-electron chi connectivity index (χ3n) is 3.65. The van der Waals surface area contributed by atoms with Crippen LogP contribution in [0.1, 0.15) is 24.2 Å². The van der Waals surface area contributed by atoms with Crippen LogP contribution in [0.15, 0.2) is 42.7 Å². The van der Waals surface area contributed by atoms with E-state index in [1.165, 1.54) is 5.56 Å². The van der Waals surface area contributed by atoms with Crippen LogP contribution in [0, 0.1) is 6.92 Å². The summed E-state index contributed by atoms with van der Waals surface area (Å²) < 4.78 is 1.90. The van der Waals surface area contributed by atoms with Crippen molar-refractivity contribution in [1.29, 1.82) is 0 Å². The molecule has 1 aromatic carbocycles. The van der Waals surface area contributed by atoms with Gasteiger partial charge >= 0.3 is 0 Å². The highest BCUT2D eigenvalue weighted by molar-refractivity contribution is 5.93. The molecule has 0 radical (unpaired) electrons. The van der Waals surface area contributed by atoms with Crippen molar-refractivity contribution >= 4 is 16.6 Å². The van der Waals surface area contributed by atoms with Gasteiger partial charge in [-0.2, -0.15) is 5.10 Å². The van der Waals surface area contributed by atoms with Gasteiger partial charge in [-0.1, -0.05) is 6.07 Å². The molecule has 4 heteroatoms. The normalized spacial score (nSPS) is 12.6. The average Bonchev–Trinajstić information content (AvgIpc) is 2.88. The minimum absolute atomic E-state index is 0.189. The summed E-state index contributed by atoms with van der Waals surface area (Å²) >= 11 is 0. The van der Waals surface area contributed by atoms with Gasteiger partial charge in [-0.15, -0.1) is 0 Å². The lowest BCUT2D eigenvalue weighted by Gasteiger charge is -2.17. The van der Waals surface area contributed by atoms with Crippen molar-refractivity contribution in [3.63, 3.8) is 0 Å². The third-order valence-corrected chi connectivity index (χ3v) is 3.65. The van der Waals surface area contributed by atoms with Crippen molar-refractivity contribution < 1.29 is 0 Å². The number of nitrogens with zero attached hydrogens (tertiary/aromatic N) is 3. The van der Waals surface area contributed by atoms with Crippen LogP contribution < -0.4 is 5.32 Å². The highest BCUT2D eigenvalue weighted by atomic mass is 15.3. The number of hydrogen-bond donors (Lipinski definition) is 1. The molecule has 0 saturated heterocycles. The first-order chi connectivity index (χ1) is 9.66. The number of fused-ring (bicyclic) bond motifs is 1. The molecule has 3 aromatic rings. The lowest BCUT2D eigenvalue weighted by atomic mass is 10.1. The highest BCUT2D eigenvalue weighted by Gasteiger charge is 2.11. The van der Waals surface area contributed by atoms with Crippen LogP contribution in [0.5, 0.6) is 0 Å². The Hall–Kier alpha value is -2.36. The van der Waals surface area contributed by atoms with Crippen LogP contribution in [0.3, 0.4) is 0 Å². The first-order valence-electron chi connectivity index (χ1n) is 6.75. The lowest BCUT2D eigenvalue weighted by Crippen LogP contribution is -2.11. The maximum Gasteiger partial charge on any atom is 0.0751 e. The maximum absolute atomic E-state index is 4.47. The van der Waals surface area contributed by atoms with Crippen molar-refractivity contribution in [2.75, 3.05) is 5.32 Å². The van der Waals surface area contributed by atoms with E-state index < -0.39 is 0 Å². The molecule has 4 nitrogen and oxygen atoms in total. The van der Waals surface area contributed by atoms with E-state index in [4.69, 9.17) is 0 Å². The summed E-state index contributed by atoms with van der Waals surface area (Å²) in [4.78, 5) is 4.47. The quantitative estimate of drug-likeness (QED) is 0.789. The van der Waals surface area contributed by atoms with Gasteiger partial charge in [0.15, 0.2) is 0 Å². The number of nitrogens with one attached hydrogen (secondary N) is 1. The molecule has 20 heavy (non-hydrogen) atoms. The van der Waals surface area contributed by atoms with E-state index in [1.54, 1.807) is 0 Å². The number of hydrogen-bond acceptors (Lipinski definition) is 3. The Kier molecular flexibility index (Phi) is 3.14. The van der Waals surface area contributed by atoms with Crippen LogP contribution in [0.2, 0.25) is 0 Å². The Morgan fingerprint density at radius 2 is 2.00 bits per heavy atom. The van der Waals surface area contributed by atoms with E-state index in [1.807, 2.05) is 36.3 Å². The van der Waals surface area contributed by atoms with Gasteiger partial charge in [0.2, 0.25) is 0 Å². The van der Waals surface area contributed by atoms with Crippen molar-refractivity contribution in [2.24, 2.45) is 7.05 Å². The van der Waals surface area contributed by atoms with Gasteiger partial charge in [0.25, 0.3) is 0 Å². The molecule has 3 rings (SSSR count). The van der Waals surface area contributed by atoms with Gasteiger partial charge in [0, 0.05) is 30.5 Å². The van der Waals surface area contributed by atoms with E-state index in [-0.39, 0.29) is 6.04 Å². The van der Waals surface area contributed by atoms with Crippen LogP contribution in [0.25, 0.3) is 10.9 Å². The zero-order chi connectivity index (χ0) is 14.1. The molecular formula is C16H18N4. The Balaban J connectivity index is 1.99. The molecule has 2 heterocycles. The Morgan fingerprint density at radius 1 is 1.15 bits per heavy atom. The maximum atomic E-state index is 4.47. The van der Waals surface area contributed by atoms with Crippen LogP contribution in [-0.2, 0) is 7.05 Å². The summed E-state index contributed by atoms with van der Waals surface area (Å²) in [5.41, 5.74) is 4.50. The molecule has 1 unspecified atom stereocenters. The topological polar surface area (TPSA) is 42.7 Å². The second kappa shape index (κ2) is 4.96. The van der Waals surface area contributed by atoms with Crippen LogP contribution in [0.4, 0.5) is 5.69 Å². The Morgan fingerprint density at radius 3 is 2.75 bits per heavy atom. The van der Waals surface area contributed by atoms with E-state index in [9.17, 15) is 0 Å². The predicted molar refractivity (Wildman–Crippen MR) is 81.7 cm³/mol. The van der Waals surface area contributed by atoms with Crippen molar-refractivity contribution in [3.8, 4) is 0 Å². The number of aryl methyl sites for hydroxylation is 2. The first kappa shape index (κ1) is 12.7. The fraction of sp³-hybridized carbons (Fsp3) is 0.250. The number of benzene rings is 1. The molecule has 102 valence electrons. The third kappa shape index (κ3) is 2.13. The predicted octanol–water partition coefficient (Wildman–Crippen LogP) is 3.45. The summed E-state index contributed by atoms with van der Waals surface area (Å²) in [7, 11) is 1.96. The highest BCUT2D eigenvalue weighted by Crippen LogP contribution is 2.27. The van der Waals surface area contributed by atoms with Crippen molar-refractivity contribution in [2.45, 2.75) is 19.9 Å². The first-order valence-corrected chi connectivity index (χ1v) is 6.75. The second-order valence-electron chi connectivity index (χ2n) is 5.08. The van der Waals surface area contributed by atoms with Gasteiger partial charge in [0.05, 0.1) is 17.3 Å². The van der Waals surface area contributed by atoms with Crippen LogP contribution >= 0.6 is 0 Å². The lowest BCUT2D eigenvalue weighted by molar-refractivity contribution is 0.676. The largest absolute Gasteiger partial charge is 0.376 e. The molecule has 1 atom stereocenters. The second-order valence-corrected chi connectivity index (χ2v) is 5.08. The molecule has 0 saturated carbocycles. The zero-order valence-corrected chi connectivity index (χ0v) is 12.0. The molecule has 0 aliphatic carbocycles. The average molecular weight is 266 g/mol. The van der Waals surface area contributed by atoms with Gasteiger partial charge in [0.1, 0.15) is 0 Å². The van der Waals surface area contributed by atoms with E-state index >= 15 is 0 Å². The zero-order valence-electron chi connectivity index (χ0n) is 12.0. The van der Waals surface area contributed by atoms with Crippen LogP contribution in [-0.4, -0.2) is 14.8 Å². The molecule has 2 aromatic heterocycles. The van der Waals surface area contributed by atoms with Gasteiger partial charge in [-0.05, 0) is 43.7 Å². The Bertz CT molecular complexity index is 745. The van der Waals surface area contributed by atoms with Gasteiger partial charge in [-0.25, -0.2) is 0 Å². The summed E-state index contributed by atoms with van der Waals surface area (Å²) in [5, 5.41) is 8.93. The fourth-order valence-corrected chi connectivity index (χ4v) is 2.56. The number of pyridine rings is 1. The van der Waals surface area contributed by atoms with E-state index in [0.717, 1.165) is 22.3 Å². The molecule has 0 amide bonds. The number of aromatic nitrogens is 3. The minimum atomic E-state index is 0.189. The summed E-state index contributed by atoms with van der Waals surface area (Å²) in [6.45, 7) is 4.22. The number of rotatable bonds is 3. The van der Waals surface area contributed by atoms with Gasteiger partial charge in [-0.3, -0.25) is 9.67 Å². The van der Waals surface area contributed by atoms with E-state index in [2.05, 4.69) is 47.4 Å². The summed E-state index contributed by atoms with van der Waals surface area (Å²) in [6.07, 6.45) is 3.66. The fourth-order valence-electron chi connectivity index (χ4n) is 2.56. The standard InChI is InChI=1S/C16H18N4/c1-11-6-7-14(13-5-4-9-17-16(11)13)19-12(2)15-8-10-18-20(15)3/h4-10,12,19H,1-3H3.